The zero-order valence-electron chi connectivity index (χ0n) is 10.5. The third-order valence-corrected chi connectivity index (χ3v) is 5.06. The van der Waals surface area contributed by atoms with Crippen molar-refractivity contribution in [1.82, 2.24) is 5.32 Å². The number of halogens is 1. The molecule has 98 valence electrons. The molecule has 0 atom stereocenters. The lowest BCUT2D eigenvalue weighted by atomic mass is 9.95. The summed E-state index contributed by atoms with van der Waals surface area (Å²) in [5.41, 5.74) is 0.797. The Balaban J connectivity index is 1.99. The number of amides is 1. The second kappa shape index (κ2) is 6.62. The van der Waals surface area contributed by atoms with Gasteiger partial charge in [-0.1, -0.05) is 28.1 Å². The minimum Gasteiger partial charge on any atom is -0.349 e. The second-order valence-electron chi connectivity index (χ2n) is 4.62. The second-order valence-corrected chi connectivity index (χ2v) is 6.77. The Hall–Kier alpha value is -0.480. The summed E-state index contributed by atoms with van der Waals surface area (Å²) in [6.07, 6.45) is 6.44. The fourth-order valence-corrected chi connectivity index (χ4v) is 3.42. The highest BCUT2D eigenvalue weighted by atomic mass is 79.9. The summed E-state index contributed by atoms with van der Waals surface area (Å²) >= 11 is 5.25. The molecule has 0 aliphatic heterocycles. The van der Waals surface area contributed by atoms with E-state index in [1.54, 1.807) is 11.8 Å². The molecule has 2 rings (SSSR count). The van der Waals surface area contributed by atoms with Gasteiger partial charge in [-0.25, -0.2) is 0 Å². The van der Waals surface area contributed by atoms with Crippen LogP contribution >= 0.6 is 27.7 Å². The Bertz CT molecular complexity index is 416. The molecule has 1 aliphatic carbocycles. The molecule has 0 heterocycles. The van der Waals surface area contributed by atoms with E-state index in [4.69, 9.17) is 0 Å². The number of nitrogens with one attached hydrogen (secondary N) is 1. The molecule has 0 aromatic heterocycles. The van der Waals surface area contributed by atoms with Crippen LogP contribution in [0.4, 0.5) is 0 Å². The molecular weight excluding hydrogens is 310 g/mol. The van der Waals surface area contributed by atoms with Crippen LogP contribution in [-0.2, 0) is 0 Å². The van der Waals surface area contributed by atoms with E-state index in [1.807, 2.05) is 30.5 Å². The number of carbonyl (C=O) groups is 1. The number of hydrogen-bond acceptors (Lipinski definition) is 2. The molecule has 1 saturated carbocycles. The molecule has 1 aromatic carbocycles. The van der Waals surface area contributed by atoms with E-state index in [9.17, 15) is 4.79 Å². The standard InChI is InChI=1S/C14H18BrNOS/c1-18-13-5-3-2-4-12(13)14(17)16-11-8-6-10(15)7-9-11/h2-5,10-11H,6-9H2,1H3,(H,16,17). The van der Waals surface area contributed by atoms with Crippen molar-refractivity contribution in [2.75, 3.05) is 6.26 Å². The van der Waals surface area contributed by atoms with Crippen molar-refractivity contribution in [3.63, 3.8) is 0 Å². The number of benzene rings is 1. The lowest BCUT2D eigenvalue weighted by Gasteiger charge is -2.26. The fraction of sp³-hybridized carbons (Fsp3) is 0.500. The Morgan fingerprint density at radius 3 is 2.61 bits per heavy atom. The van der Waals surface area contributed by atoms with Gasteiger partial charge in [0.2, 0.25) is 0 Å². The summed E-state index contributed by atoms with van der Waals surface area (Å²) < 4.78 is 0. The highest BCUT2D eigenvalue weighted by molar-refractivity contribution is 9.09. The van der Waals surface area contributed by atoms with Gasteiger partial charge in [0.05, 0.1) is 5.56 Å². The van der Waals surface area contributed by atoms with Crippen molar-refractivity contribution >= 4 is 33.6 Å². The van der Waals surface area contributed by atoms with Crippen molar-refractivity contribution < 1.29 is 4.79 Å². The van der Waals surface area contributed by atoms with E-state index < -0.39 is 0 Å². The lowest BCUT2D eigenvalue weighted by Crippen LogP contribution is -2.37. The Morgan fingerprint density at radius 1 is 1.28 bits per heavy atom. The van der Waals surface area contributed by atoms with E-state index in [1.165, 1.54) is 0 Å². The van der Waals surface area contributed by atoms with Gasteiger partial charge in [-0.2, -0.15) is 0 Å². The lowest BCUT2D eigenvalue weighted by molar-refractivity contribution is 0.0925. The van der Waals surface area contributed by atoms with Crippen LogP contribution < -0.4 is 5.32 Å². The average molecular weight is 328 g/mol. The summed E-state index contributed by atoms with van der Waals surface area (Å²) in [4.78, 5) is 13.9. The van der Waals surface area contributed by atoms with E-state index in [0.29, 0.717) is 10.9 Å². The predicted molar refractivity (Wildman–Crippen MR) is 80.7 cm³/mol. The molecule has 0 saturated heterocycles. The van der Waals surface area contributed by atoms with E-state index in [2.05, 4.69) is 21.2 Å². The minimum absolute atomic E-state index is 0.0676. The van der Waals surface area contributed by atoms with Crippen LogP contribution in [0.2, 0.25) is 0 Å². The van der Waals surface area contributed by atoms with Gasteiger partial charge in [0.15, 0.2) is 0 Å². The Kier molecular flexibility index (Phi) is 5.13. The summed E-state index contributed by atoms with van der Waals surface area (Å²) in [7, 11) is 0. The van der Waals surface area contributed by atoms with Crippen molar-refractivity contribution in [3.05, 3.63) is 29.8 Å². The van der Waals surface area contributed by atoms with E-state index >= 15 is 0 Å². The molecule has 1 N–H and O–H groups in total. The number of rotatable bonds is 3. The first kappa shape index (κ1) is 13.9. The monoisotopic (exact) mass is 327 g/mol. The molecule has 1 fully saturated rings. The average Bonchev–Trinajstić information content (AvgIpc) is 2.41. The summed E-state index contributed by atoms with van der Waals surface area (Å²) in [5.74, 6) is 0.0676. The normalized spacial score (nSPS) is 23.7. The van der Waals surface area contributed by atoms with Crippen molar-refractivity contribution in [3.8, 4) is 0 Å². The summed E-state index contributed by atoms with van der Waals surface area (Å²) in [6, 6.07) is 8.12. The highest BCUT2D eigenvalue weighted by Crippen LogP contribution is 2.25. The van der Waals surface area contributed by atoms with E-state index in [-0.39, 0.29) is 5.91 Å². The fourth-order valence-electron chi connectivity index (χ4n) is 2.29. The van der Waals surface area contributed by atoms with Gasteiger partial charge in [0, 0.05) is 15.8 Å². The van der Waals surface area contributed by atoms with Gasteiger partial charge in [0.25, 0.3) is 5.91 Å². The maximum Gasteiger partial charge on any atom is 0.252 e. The molecule has 0 spiro atoms. The van der Waals surface area contributed by atoms with Gasteiger partial charge in [-0.15, -0.1) is 11.8 Å². The van der Waals surface area contributed by atoms with Gasteiger partial charge in [-0.3, -0.25) is 4.79 Å². The molecule has 2 nitrogen and oxygen atoms in total. The molecule has 1 aliphatic rings. The van der Waals surface area contributed by atoms with Gasteiger partial charge >= 0.3 is 0 Å². The third-order valence-electron chi connectivity index (χ3n) is 3.34. The van der Waals surface area contributed by atoms with Crippen LogP contribution in [0, 0.1) is 0 Å². The topological polar surface area (TPSA) is 29.1 Å². The van der Waals surface area contributed by atoms with Gasteiger partial charge in [-0.05, 0) is 44.1 Å². The van der Waals surface area contributed by atoms with Crippen LogP contribution in [0.5, 0.6) is 0 Å². The van der Waals surface area contributed by atoms with Crippen molar-refractivity contribution in [2.45, 2.75) is 41.4 Å². The Labute approximate surface area is 121 Å². The van der Waals surface area contributed by atoms with E-state index in [0.717, 1.165) is 36.1 Å². The van der Waals surface area contributed by atoms with Crippen molar-refractivity contribution in [1.29, 1.82) is 0 Å². The largest absolute Gasteiger partial charge is 0.349 e. The molecule has 1 aromatic rings. The highest BCUT2D eigenvalue weighted by Gasteiger charge is 2.21. The maximum absolute atomic E-state index is 12.2. The molecule has 1 amide bonds. The van der Waals surface area contributed by atoms with Gasteiger partial charge < -0.3 is 5.32 Å². The number of hydrogen-bond donors (Lipinski definition) is 1. The SMILES string of the molecule is CSc1ccccc1C(=O)NC1CCC(Br)CC1. The Morgan fingerprint density at radius 2 is 1.94 bits per heavy atom. The number of carbonyl (C=O) groups excluding carboxylic acids is 1. The predicted octanol–water partition coefficient (Wildman–Crippen LogP) is 3.84. The smallest absolute Gasteiger partial charge is 0.252 e. The molecule has 18 heavy (non-hydrogen) atoms. The van der Waals surface area contributed by atoms with Crippen LogP contribution in [0.3, 0.4) is 0 Å². The first-order valence-electron chi connectivity index (χ1n) is 6.28. The molecule has 0 bridgehead atoms. The molecule has 0 radical (unpaired) electrons. The van der Waals surface area contributed by atoms with Gasteiger partial charge in [0.1, 0.15) is 0 Å². The summed E-state index contributed by atoms with van der Waals surface area (Å²) in [5, 5.41) is 3.16. The molecular formula is C14H18BrNOS. The molecule has 0 unspecified atom stereocenters. The summed E-state index contributed by atoms with van der Waals surface area (Å²) in [6.45, 7) is 0. The first-order chi connectivity index (χ1) is 8.70. The minimum atomic E-state index is 0.0676. The van der Waals surface area contributed by atoms with Crippen LogP contribution in [0.15, 0.2) is 29.2 Å². The van der Waals surface area contributed by atoms with Crippen molar-refractivity contribution in [2.24, 2.45) is 0 Å². The van der Waals surface area contributed by atoms with Crippen LogP contribution in [-0.4, -0.2) is 23.0 Å². The molecule has 4 heteroatoms. The van der Waals surface area contributed by atoms with Crippen LogP contribution in [0.1, 0.15) is 36.0 Å². The number of alkyl halides is 1. The number of thioether (sulfide) groups is 1. The quantitative estimate of drug-likeness (QED) is 0.675. The maximum atomic E-state index is 12.2. The first-order valence-corrected chi connectivity index (χ1v) is 8.42. The van der Waals surface area contributed by atoms with Crippen LogP contribution in [0.25, 0.3) is 0 Å². The zero-order chi connectivity index (χ0) is 13.0. The third kappa shape index (κ3) is 3.51. The zero-order valence-corrected chi connectivity index (χ0v) is 12.9.